The standard InChI is InChI=1S/C15H10ClFN2S/c16-10-7-4-8-11(17)12(10)13-14(18)20-15(19-13)9-5-2-1-3-6-9/h1-8H,18H2. The zero-order valence-electron chi connectivity index (χ0n) is 10.3. The van der Waals surface area contributed by atoms with Crippen LogP contribution in [0.4, 0.5) is 9.39 Å². The average molecular weight is 305 g/mol. The van der Waals surface area contributed by atoms with Gasteiger partial charge < -0.3 is 5.73 Å². The fourth-order valence-electron chi connectivity index (χ4n) is 1.94. The SMILES string of the molecule is Nc1sc(-c2ccccc2)nc1-c1c(F)cccc1Cl. The van der Waals surface area contributed by atoms with Gasteiger partial charge in [-0.3, -0.25) is 0 Å². The van der Waals surface area contributed by atoms with Gasteiger partial charge in [-0.2, -0.15) is 0 Å². The number of halogens is 2. The molecule has 100 valence electrons. The Morgan fingerprint density at radius 1 is 1.05 bits per heavy atom. The van der Waals surface area contributed by atoms with Crippen molar-refractivity contribution in [3.63, 3.8) is 0 Å². The van der Waals surface area contributed by atoms with E-state index in [1.807, 2.05) is 30.3 Å². The van der Waals surface area contributed by atoms with E-state index in [0.717, 1.165) is 10.6 Å². The maximum atomic E-state index is 14.0. The van der Waals surface area contributed by atoms with Crippen molar-refractivity contribution < 1.29 is 4.39 Å². The third kappa shape index (κ3) is 2.28. The third-order valence-electron chi connectivity index (χ3n) is 2.87. The second-order valence-corrected chi connectivity index (χ2v) is 5.63. The summed E-state index contributed by atoms with van der Waals surface area (Å²) in [6.45, 7) is 0. The Morgan fingerprint density at radius 3 is 2.50 bits per heavy atom. The second kappa shape index (κ2) is 5.23. The zero-order chi connectivity index (χ0) is 14.1. The largest absolute Gasteiger partial charge is 0.389 e. The van der Waals surface area contributed by atoms with Crippen LogP contribution in [0.25, 0.3) is 21.8 Å². The Labute approximate surface area is 124 Å². The third-order valence-corrected chi connectivity index (χ3v) is 4.12. The van der Waals surface area contributed by atoms with Gasteiger partial charge in [0.2, 0.25) is 0 Å². The van der Waals surface area contributed by atoms with Crippen LogP contribution >= 0.6 is 22.9 Å². The number of anilines is 1. The van der Waals surface area contributed by atoms with Crippen LogP contribution in [-0.2, 0) is 0 Å². The lowest BCUT2D eigenvalue weighted by Gasteiger charge is -2.03. The zero-order valence-corrected chi connectivity index (χ0v) is 11.9. The predicted octanol–water partition coefficient (Wildman–Crippen LogP) is 4.85. The number of rotatable bonds is 2. The molecule has 0 saturated carbocycles. The predicted molar refractivity (Wildman–Crippen MR) is 82.4 cm³/mol. The molecule has 0 radical (unpaired) electrons. The van der Waals surface area contributed by atoms with Gasteiger partial charge in [-0.1, -0.05) is 59.3 Å². The second-order valence-electron chi connectivity index (χ2n) is 4.19. The first-order valence-corrected chi connectivity index (χ1v) is 7.12. The van der Waals surface area contributed by atoms with E-state index in [0.29, 0.717) is 15.7 Å². The first kappa shape index (κ1) is 13.1. The molecule has 0 bridgehead atoms. The normalized spacial score (nSPS) is 10.7. The highest BCUT2D eigenvalue weighted by Crippen LogP contribution is 2.39. The summed E-state index contributed by atoms with van der Waals surface area (Å²) in [5, 5.41) is 1.51. The number of hydrogen-bond donors (Lipinski definition) is 1. The van der Waals surface area contributed by atoms with Gasteiger partial charge in [0.05, 0.1) is 10.6 Å². The number of nitrogens with two attached hydrogens (primary N) is 1. The monoisotopic (exact) mass is 304 g/mol. The van der Waals surface area contributed by atoms with Gasteiger partial charge in [-0.15, -0.1) is 0 Å². The minimum atomic E-state index is -0.422. The van der Waals surface area contributed by atoms with E-state index < -0.39 is 5.82 Å². The quantitative estimate of drug-likeness (QED) is 0.735. The van der Waals surface area contributed by atoms with Gasteiger partial charge in [0, 0.05) is 5.56 Å². The number of benzene rings is 2. The van der Waals surface area contributed by atoms with Gasteiger partial charge in [-0.25, -0.2) is 9.37 Å². The Hall–Kier alpha value is -1.91. The molecule has 0 aliphatic carbocycles. The summed E-state index contributed by atoms with van der Waals surface area (Å²) in [6.07, 6.45) is 0. The molecule has 0 unspecified atom stereocenters. The highest BCUT2D eigenvalue weighted by atomic mass is 35.5. The van der Waals surface area contributed by atoms with Crippen molar-refractivity contribution in [3.8, 4) is 21.8 Å². The Kier molecular flexibility index (Phi) is 3.42. The maximum Gasteiger partial charge on any atom is 0.134 e. The molecular weight excluding hydrogens is 295 g/mol. The van der Waals surface area contributed by atoms with Crippen molar-refractivity contribution in [2.75, 3.05) is 5.73 Å². The fraction of sp³-hybridized carbons (Fsp3) is 0. The van der Waals surface area contributed by atoms with Crippen LogP contribution in [0.15, 0.2) is 48.5 Å². The lowest BCUT2D eigenvalue weighted by molar-refractivity contribution is 0.631. The molecule has 2 aromatic carbocycles. The van der Waals surface area contributed by atoms with Crippen molar-refractivity contribution in [1.82, 2.24) is 4.98 Å². The van der Waals surface area contributed by atoms with Crippen LogP contribution in [0.3, 0.4) is 0 Å². The smallest absolute Gasteiger partial charge is 0.134 e. The van der Waals surface area contributed by atoms with E-state index in [-0.39, 0.29) is 5.56 Å². The highest BCUT2D eigenvalue weighted by Gasteiger charge is 2.17. The van der Waals surface area contributed by atoms with E-state index in [1.165, 1.54) is 17.4 Å². The van der Waals surface area contributed by atoms with Crippen molar-refractivity contribution in [2.45, 2.75) is 0 Å². The molecule has 20 heavy (non-hydrogen) atoms. The van der Waals surface area contributed by atoms with Crippen molar-refractivity contribution in [2.24, 2.45) is 0 Å². The van der Waals surface area contributed by atoms with Crippen LogP contribution in [0.2, 0.25) is 5.02 Å². The molecule has 3 aromatic rings. The summed E-state index contributed by atoms with van der Waals surface area (Å²) in [5.41, 5.74) is 7.58. The first-order chi connectivity index (χ1) is 9.66. The molecule has 2 N–H and O–H groups in total. The molecule has 0 aliphatic rings. The van der Waals surface area contributed by atoms with E-state index in [2.05, 4.69) is 4.98 Å². The molecule has 2 nitrogen and oxygen atoms in total. The number of nitrogen functional groups attached to an aromatic ring is 1. The fourth-order valence-corrected chi connectivity index (χ4v) is 3.04. The van der Waals surface area contributed by atoms with Crippen LogP contribution in [0.1, 0.15) is 0 Å². The van der Waals surface area contributed by atoms with E-state index in [9.17, 15) is 4.39 Å². The van der Waals surface area contributed by atoms with Gasteiger partial charge in [0.25, 0.3) is 0 Å². The summed E-state index contributed by atoms with van der Waals surface area (Å²) in [7, 11) is 0. The lowest BCUT2D eigenvalue weighted by Crippen LogP contribution is -1.90. The Morgan fingerprint density at radius 2 is 1.80 bits per heavy atom. The van der Waals surface area contributed by atoms with Crippen LogP contribution in [0, 0.1) is 5.82 Å². The summed E-state index contributed by atoms with van der Waals surface area (Å²) < 4.78 is 14.0. The molecule has 1 heterocycles. The number of hydrogen-bond acceptors (Lipinski definition) is 3. The molecule has 0 fully saturated rings. The Balaban J connectivity index is 2.15. The Bertz CT molecular complexity index is 736. The number of thiazole rings is 1. The van der Waals surface area contributed by atoms with Crippen molar-refractivity contribution in [3.05, 3.63) is 59.4 Å². The molecule has 0 atom stereocenters. The average Bonchev–Trinajstić information content (AvgIpc) is 2.82. The molecule has 0 saturated heterocycles. The molecule has 3 rings (SSSR count). The number of nitrogens with zero attached hydrogens (tertiary/aromatic N) is 1. The van der Waals surface area contributed by atoms with E-state index >= 15 is 0 Å². The van der Waals surface area contributed by atoms with Crippen LogP contribution in [0.5, 0.6) is 0 Å². The van der Waals surface area contributed by atoms with E-state index in [1.54, 1.807) is 12.1 Å². The van der Waals surface area contributed by atoms with Crippen molar-refractivity contribution >= 4 is 27.9 Å². The molecule has 0 amide bonds. The van der Waals surface area contributed by atoms with Gasteiger partial charge in [0.1, 0.15) is 21.5 Å². The minimum absolute atomic E-state index is 0.255. The minimum Gasteiger partial charge on any atom is -0.389 e. The highest BCUT2D eigenvalue weighted by molar-refractivity contribution is 7.19. The van der Waals surface area contributed by atoms with Crippen LogP contribution < -0.4 is 5.73 Å². The van der Waals surface area contributed by atoms with Gasteiger partial charge >= 0.3 is 0 Å². The molecule has 0 aliphatic heterocycles. The summed E-state index contributed by atoms with van der Waals surface area (Å²) >= 11 is 7.38. The summed E-state index contributed by atoms with van der Waals surface area (Å²) in [6, 6.07) is 14.2. The summed E-state index contributed by atoms with van der Waals surface area (Å²) in [5.74, 6) is -0.422. The topological polar surface area (TPSA) is 38.9 Å². The number of aromatic nitrogens is 1. The van der Waals surface area contributed by atoms with E-state index in [4.69, 9.17) is 17.3 Å². The van der Waals surface area contributed by atoms with Gasteiger partial charge in [-0.05, 0) is 12.1 Å². The summed E-state index contributed by atoms with van der Waals surface area (Å²) in [4.78, 5) is 4.44. The van der Waals surface area contributed by atoms with Gasteiger partial charge in [0.15, 0.2) is 0 Å². The van der Waals surface area contributed by atoms with Crippen molar-refractivity contribution in [1.29, 1.82) is 0 Å². The molecule has 1 aromatic heterocycles. The first-order valence-electron chi connectivity index (χ1n) is 5.93. The molecule has 0 spiro atoms. The lowest BCUT2D eigenvalue weighted by atomic mass is 10.1. The molecule has 5 heteroatoms. The molecular formula is C15H10ClFN2S. The maximum absolute atomic E-state index is 14.0. The van der Waals surface area contributed by atoms with Crippen LogP contribution in [-0.4, -0.2) is 4.98 Å².